The molecule has 1 aromatic carbocycles. The van der Waals surface area contributed by atoms with Gasteiger partial charge >= 0.3 is 5.97 Å². The van der Waals surface area contributed by atoms with Crippen LogP contribution in [0.1, 0.15) is 43.5 Å². The van der Waals surface area contributed by atoms with Gasteiger partial charge in [0.2, 0.25) is 5.91 Å². The van der Waals surface area contributed by atoms with Gasteiger partial charge in [-0.05, 0) is 44.0 Å². The van der Waals surface area contributed by atoms with Gasteiger partial charge in [-0.15, -0.1) is 0 Å². The van der Waals surface area contributed by atoms with E-state index in [0.717, 1.165) is 12.1 Å². The summed E-state index contributed by atoms with van der Waals surface area (Å²) in [4.78, 5) is 36.8. The lowest BCUT2D eigenvalue weighted by Crippen LogP contribution is -2.51. The monoisotopic (exact) mass is 304 g/mol. The minimum atomic E-state index is -1.29. The smallest absolute Gasteiger partial charge is 0.329 e. The van der Waals surface area contributed by atoms with Crippen molar-refractivity contribution in [2.45, 2.75) is 38.6 Å². The molecule has 1 aromatic rings. The molecule has 6 heteroatoms. The van der Waals surface area contributed by atoms with Crippen LogP contribution in [-0.2, 0) is 9.59 Å². The van der Waals surface area contributed by atoms with Crippen molar-refractivity contribution in [1.82, 2.24) is 5.32 Å². The molecule has 1 heterocycles. The zero-order valence-corrected chi connectivity index (χ0v) is 12.8. The van der Waals surface area contributed by atoms with Crippen LogP contribution in [0.25, 0.3) is 0 Å². The molecule has 0 spiro atoms. The van der Waals surface area contributed by atoms with Crippen LogP contribution in [0.3, 0.4) is 0 Å². The topological polar surface area (TPSA) is 86.7 Å². The Balaban J connectivity index is 2.11. The van der Waals surface area contributed by atoms with Gasteiger partial charge < -0.3 is 15.3 Å². The summed E-state index contributed by atoms with van der Waals surface area (Å²) in [6, 6.07) is 6.63. The van der Waals surface area contributed by atoms with Crippen LogP contribution in [0.2, 0.25) is 0 Å². The minimum absolute atomic E-state index is 0.0848. The van der Waals surface area contributed by atoms with Crippen molar-refractivity contribution in [1.29, 1.82) is 0 Å². The van der Waals surface area contributed by atoms with Crippen molar-refractivity contribution in [3.05, 3.63) is 29.8 Å². The number of nitrogens with zero attached hydrogens (tertiary/aromatic N) is 1. The molecule has 1 aliphatic rings. The third-order valence-electron chi connectivity index (χ3n) is 4.08. The predicted octanol–water partition coefficient (Wildman–Crippen LogP) is 1.80. The number of hydrogen-bond donors (Lipinski definition) is 2. The Hall–Kier alpha value is -2.37. The summed E-state index contributed by atoms with van der Waals surface area (Å²) in [6.45, 7) is 3.87. The molecule has 0 bridgehead atoms. The summed E-state index contributed by atoms with van der Waals surface area (Å²) in [7, 11) is 0. The summed E-state index contributed by atoms with van der Waals surface area (Å²) >= 11 is 0. The van der Waals surface area contributed by atoms with Crippen molar-refractivity contribution in [2.75, 3.05) is 11.4 Å². The molecule has 6 nitrogen and oxygen atoms in total. The number of nitrogens with one attached hydrogen (secondary N) is 1. The SMILES string of the molecule is CCC(C)(NC(=O)c1ccc(N2CCCC2=O)cc1)C(=O)O. The summed E-state index contributed by atoms with van der Waals surface area (Å²) in [5.41, 5.74) is -0.160. The third kappa shape index (κ3) is 3.10. The quantitative estimate of drug-likeness (QED) is 0.868. The van der Waals surface area contributed by atoms with Gasteiger partial charge in [-0.3, -0.25) is 9.59 Å². The zero-order chi connectivity index (χ0) is 16.3. The van der Waals surface area contributed by atoms with E-state index in [4.69, 9.17) is 0 Å². The first-order chi connectivity index (χ1) is 10.4. The fourth-order valence-corrected chi connectivity index (χ4v) is 2.33. The molecule has 0 saturated carbocycles. The van der Waals surface area contributed by atoms with Crippen LogP contribution in [0.15, 0.2) is 24.3 Å². The van der Waals surface area contributed by atoms with E-state index in [0.29, 0.717) is 18.5 Å². The van der Waals surface area contributed by atoms with E-state index in [2.05, 4.69) is 5.32 Å². The van der Waals surface area contributed by atoms with Gasteiger partial charge in [-0.1, -0.05) is 6.92 Å². The van der Waals surface area contributed by atoms with E-state index in [1.54, 1.807) is 36.1 Å². The largest absolute Gasteiger partial charge is 0.480 e. The molecule has 2 rings (SSSR count). The number of carbonyl (C=O) groups excluding carboxylic acids is 2. The molecule has 0 aliphatic carbocycles. The van der Waals surface area contributed by atoms with Crippen molar-refractivity contribution in [3.8, 4) is 0 Å². The number of carboxylic acids is 1. The highest BCUT2D eigenvalue weighted by Gasteiger charge is 2.33. The number of hydrogen-bond acceptors (Lipinski definition) is 3. The maximum Gasteiger partial charge on any atom is 0.329 e. The number of benzene rings is 1. The molecule has 22 heavy (non-hydrogen) atoms. The number of carbonyl (C=O) groups is 3. The highest BCUT2D eigenvalue weighted by molar-refractivity contribution is 5.99. The van der Waals surface area contributed by atoms with Crippen molar-refractivity contribution in [3.63, 3.8) is 0 Å². The lowest BCUT2D eigenvalue weighted by atomic mass is 9.98. The average molecular weight is 304 g/mol. The van der Waals surface area contributed by atoms with E-state index >= 15 is 0 Å². The van der Waals surface area contributed by atoms with Gasteiger partial charge in [-0.25, -0.2) is 4.79 Å². The number of anilines is 1. The molecule has 0 radical (unpaired) electrons. The molecule has 1 saturated heterocycles. The van der Waals surface area contributed by atoms with Crippen LogP contribution < -0.4 is 10.2 Å². The van der Waals surface area contributed by atoms with Gasteiger partial charge in [0.15, 0.2) is 0 Å². The van der Waals surface area contributed by atoms with Gasteiger partial charge in [0.1, 0.15) is 5.54 Å². The second-order valence-corrected chi connectivity index (χ2v) is 5.64. The van der Waals surface area contributed by atoms with Crippen LogP contribution in [0, 0.1) is 0 Å². The highest BCUT2D eigenvalue weighted by Crippen LogP contribution is 2.22. The molecule has 1 atom stereocenters. The van der Waals surface area contributed by atoms with Crippen molar-refractivity contribution in [2.24, 2.45) is 0 Å². The van der Waals surface area contributed by atoms with Gasteiger partial charge in [0.05, 0.1) is 0 Å². The fraction of sp³-hybridized carbons (Fsp3) is 0.438. The Labute approximate surface area is 129 Å². The number of amides is 2. The second kappa shape index (κ2) is 6.17. The Bertz CT molecular complexity index is 597. The van der Waals surface area contributed by atoms with E-state index in [9.17, 15) is 19.5 Å². The maximum absolute atomic E-state index is 12.2. The molecule has 2 amide bonds. The van der Waals surface area contributed by atoms with Gasteiger partial charge in [0, 0.05) is 24.2 Å². The normalized spacial score (nSPS) is 17.2. The van der Waals surface area contributed by atoms with Gasteiger partial charge in [0.25, 0.3) is 5.91 Å². The molecule has 1 fully saturated rings. The van der Waals surface area contributed by atoms with Gasteiger partial charge in [-0.2, -0.15) is 0 Å². The van der Waals surface area contributed by atoms with Crippen molar-refractivity contribution < 1.29 is 19.5 Å². The molecular weight excluding hydrogens is 284 g/mol. The summed E-state index contributed by atoms with van der Waals surface area (Å²) < 4.78 is 0. The zero-order valence-electron chi connectivity index (χ0n) is 12.8. The Kier molecular flexibility index (Phi) is 4.49. The van der Waals surface area contributed by atoms with Crippen LogP contribution in [-0.4, -0.2) is 35.0 Å². The van der Waals surface area contributed by atoms with E-state index < -0.39 is 17.4 Å². The lowest BCUT2D eigenvalue weighted by molar-refractivity contribution is -0.143. The van der Waals surface area contributed by atoms with Crippen LogP contribution in [0.4, 0.5) is 5.69 Å². The second-order valence-electron chi connectivity index (χ2n) is 5.64. The van der Waals surface area contributed by atoms with E-state index in [-0.39, 0.29) is 12.3 Å². The highest BCUT2D eigenvalue weighted by atomic mass is 16.4. The molecule has 118 valence electrons. The third-order valence-corrected chi connectivity index (χ3v) is 4.08. The molecule has 2 N–H and O–H groups in total. The number of carboxylic acid groups (broad SMARTS) is 1. The first-order valence-electron chi connectivity index (χ1n) is 7.34. The Morgan fingerprint density at radius 2 is 1.95 bits per heavy atom. The van der Waals surface area contributed by atoms with Crippen LogP contribution in [0.5, 0.6) is 0 Å². The fourth-order valence-electron chi connectivity index (χ4n) is 2.33. The minimum Gasteiger partial charge on any atom is -0.480 e. The molecule has 1 aliphatic heterocycles. The van der Waals surface area contributed by atoms with Crippen LogP contribution >= 0.6 is 0 Å². The van der Waals surface area contributed by atoms with E-state index in [1.165, 1.54) is 6.92 Å². The first-order valence-corrected chi connectivity index (χ1v) is 7.34. The molecular formula is C16H20N2O4. The number of aliphatic carboxylic acids is 1. The standard InChI is InChI=1S/C16H20N2O4/c1-3-16(2,15(21)22)17-14(20)11-6-8-12(9-7-11)18-10-4-5-13(18)19/h6-9H,3-5,10H2,1-2H3,(H,17,20)(H,21,22). The van der Waals surface area contributed by atoms with Crippen molar-refractivity contribution >= 4 is 23.5 Å². The average Bonchev–Trinajstić information content (AvgIpc) is 2.93. The molecule has 1 unspecified atom stereocenters. The Morgan fingerprint density at radius 1 is 1.32 bits per heavy atom. The lowest BCUT2D eigenvalue weighted by Gasteiger charge is -2.24. The first kappa shape index (κ1) is 16.0. The maximum atomic E-state index is 12.2. The summed E-state index contributed by atoms with van der Waals surface area (Å²) in [6.07, 6.45) is 1.68. The predicted molar refractivity (Wildman–Crippen MR) is 81.8 cm³/mol. The summed E-state index contributed by atoms with van der Waals surface area (Å²) in [5.74, 6) is -1.42. The molecule has 0 aromatic heterocycles. The summed E-state index contributed by atoms with van der Waals surface area (Å²) in [5, 5.41) is 11.7. The van der Waals surface area contributed by atoms with E-state index in [1.807, 2.05) is 0 Å². The number of rotatable bonds is 5. The Morgan fingerprint density at radius 3 is 2.41 bits per heavy atom.